The first-order valence-electron chi connectivity index (χ1n) is 5.66. The van der Waals surface area contributed by atoms with Crippen LogP contribution in [0.2, 0.25) is 0 Å². The van der Waals surface area contributed by atoms with E-state index in [1.807, 2.05) is 0 Å². The topological polar surface area (TPSA) is 15.3 Å². The Labute approximate surface area is 82.7 Å². The van der Waals surface area contributed by atoms with Crippen LogP contribution in [0.25, 0.3) is 0 Å². The van der Waals surface area contributed by atoms with Crippen molar-refractivity contribution in [3.63, 3.8) is 0 Å². The van der Waals surface area contributed by atoms with Crippen molar-refractivity contribution in [2.75, 3.05) is 13.6 Å². The van der Waals surface area contributed by atoms with Gasteiger partial charge in [-0.1, -0.05) is 13.8 Å². The van der Waals surface area contributed by atoms with E-state index < -0.39 is 0 Å². The van der Waals surface area contributed by atoms with Crippen molar-refractivity contribution >= 4 is 0 Å². The second-order valence-electron chi connectivity index (χ2n) is 4.21. The van der Waals surface area contributed by atoms with E-state index in [0.29, 0.717) is 12.1 Å². The Hall–Kier alpha value is -0.0800. The Morgan fingerprint density at radius 3 is 2.38 bits per heavy atom. The summed E-state index contributed by atoms with van der Waals surface area (Å²) in [4.78, 5) is 2.54. The highest BCUT2D eigenvalue weighted by atomic mass is 15.2. The Morgan fingerprint density at radius 1 is 1.38 bits per heavy atom. The van der Waals surface area contributed by atoms with Gasteiger partial charge in [0.05, 0.1) is 0 Å². The number of rotatable bonds is 6. The molecule has 1 N–H and O–H groups in total. The molecule has 0 bridgehead atoms. The van der Waals surface area contributed by atoms with E-state index in [9.17, 15) is 0 Å². The minimum atomic E-state index is 0.663. The minimum absolute atomic E-state index is 0.663. The summed E-state index contributed by atoms with van der Waals surface area (Å²) in [5, 5.41) is 3.55. The highest BCUT2D eigenvalue weighted by Gasteiger charge is 2.31. The molecule has 2 heteroatoms. The molecule has 1 fully saturated rings. The van der Waals surface area contributed by atoms with Gasteiger partial charge in [0.2, 0.25) is 0 Å². The van der Waals surface area contributed by atoms with Crippen molar-refractivity contribution in [1.29, 1.82) is 0 Å². The molecule has 2 atom stereocenters. The molecule has 1 aliphatic rings. The summed E-state index contributed by atoms with van der Waals surface area (Å²) in [5.41, 5.74) is 0. The van der Waals surface area contributed by atoms with Gasteiger partial charge in [-0.3, -0.25) is 4.90 Å². The number of nitrogens with one attached hydrogen (secondary N) is 1. The summed E-state index contributed by atoms with van der Waals surface area (Å²) in [6, 6.07) is 2.22. The smallest absolute Gasteiger partial charge is 0.0220 e. The molecule has 1 aliphatic carbocycles. The molecule has 1 rings (SSSR count). The highest BCUT2D eigenvalue weighted by molar-refractivity contribution is 4.89. The maximum Gasteiger partial charge on any atom is 0.0220 e. The molecule has 0 aromatic heterocycles. The molecular formula is C11H24N2. The van der Waals surface area contributed by atoms with E-state index in [4.69, 9.17) is 0 Å². The van der Waals surface area contributed by atoms with Crippen molar-refractivity contribution in [2.45, 2.75) is 58.2 Å². The lowest BCUT2D eigenvalue weighted by Gasteiger charge is -2.32. The first kappa shape index (κ1) is 11.0. The Morgan fingerprint density at radius 2 is 2.00 bits per heavy atom. The van der Waals surface area contributed by atoms with Crippen molar-refractivity contribution in [3.05, 3.63) is 0 Å². The van der Waals surface area contributed by atoms with Gasteiger partial charge in [-0.25, -0.2) is 0 Å². The first-order valence-corrected chi connectivity index (χ1v) is 5.66. The van der Waals surface area contributed by atoms with Crippen LogP contribution in [-0.4, -0.2) is 36.6 Å². The van der Waals surface area contributed by atoms with E-state index in [-0.39, 0.29) is 0 Å². The Bertz CT molecular complexity index is 143. The van der Waals surface area contributed by atoms with Gasteiger partial charge in [0.15, 0.2) is 0 Å². The second-order valence-corrected chi connectivity index (χ2v) is 4.21. The molecule has 2 nitrogen and oxygen atoms in total. The average molecular weight is 184 g/mol. The zero-order valence-corrected chi connectivity index (χ0v) is 9.51. The number of likely N-dealkylation sites (N-methyl/N-ethyl adjacent to an activating group) is 2. The molecule has 0 aromatic rings. The summed E-state index contributed by atoms with van der Waals surface area (Å²) in [7, 11) is 2.27. The van der Waals surface area contributed by atoms with Gasteiger partial charge in [0, 0.05) is 18.1 Å². The lowest BCUT2D eigenvalue weighted by atomic mass is 10.1. The molecule has 0 amide bonds. The van der Waals surface area contributed by atoms with Gasteiger partial charge in [0.25, 0.3) is 0 Å². The van der Waals surface area contributed by atoms with Crippen molar-refractivity contribution in [1.82, 2.24) is 10.2 Å². The standard InChI is InChI=1S/C11H24N2/c1-5-11(12-6-2)9(3)13(4)10-7-8-10/h9-12H,5-8H2,1-4H3. The van der Waals surface area contributed by atoms with Crippen LogP contribution >= 0.6 is 0 Å². The van der Waals surface area contributed by atoms with Crippen LogP contribution < -0.4 is 5.32 Å². The zero-order chi connectivity index (χ0) is 9.84. The van der Waals surface area contributed by atoms with Gasteiger partial charge >= 0.3 is 0 Å². The van der Waals surface area contributed by atoms with Gasteiger partial charge in [0.1, 0.15) is 0 Å². The Balaban J connectivity index is 2.36. The lowest BCUT2D eigenvalue weighted by molar-refractivity contribution is 0.195. The predicted molar refractivity (Wildman–Crippen MR) is 58.0 cm³/mol. The van der Waals surface area contributed by atoms with Gasteiger partial charge in [-0.2, -0.15) is 0 Å². The SMILES string of the molecule is CCNC(CC)C(C)N(C)C1CC1. The average Bonchev–Trinajstić information content (AvgIpc) is 2.95. The van der Waals surface area contributed by atoms with Crippen LogP contribution in [0.1, 0.15) is 40.0 Å². The summed E-state index contributed by atoms with van der Waals surface area (Å²) >= 11 is 0. The molecule has 0 heterocycles. The normalized spacial score (nSPS) is 21.9. The molecule has 2 unspecified atom stereocenters. The van der Waals surface area contributed by atoms with Crippen molar-refractivity contribution in [2.24, 2.45) is 0 Å². The number of hydrogen-bond donors (Lipinski definition) is 1. The summed E-state index contributed by atoms with van der Waals surface area (Å²) < 4.78 is 0. The lowest BCUT2D eigenvalue weighted by Crippen LogP contribution is -2.47. The third kappa shape index (κ3) is 2.96. The third-order valence-corrected chi connectivity index (χ3v) is 3.25. The van der Waals surface area contributed by atoms with Crippen LogP contribution in [0, 0.1) is 0 Å². The fraction of sp³-hybridized carbons (Fsp3) is 1.00. The first-order chi connectivity index (χ1) is 6.20. The van der Waals surface area contributed by atoms with Crippen LogP contribution in [0.3, 0.4) is 0 Å². The molecule has 0 aromatic carbocycles. The van der Waals surface area contributed by atoms with E-state index in [0.717, 1.165) is 12.6 Å². The van der Waals surface area contributed by atoms with E-state index >= 15 is 0 Å². The Kier molecular flexibility index (Phi) is 4.20. The van der Waals surface area contributed by atoms with Gasteiger partial charge in [-0.05, 0) is 39.8 Å². The van der Waals surface area contributed by atoms with Crippen LogP contribution in [0.15, 0.2) is 0 Å². The van der Waals surface area contributed by atoms with E-state index in [2.05, 4.69) is 38.0 Å². The predicted octanol–water partition coefficient (Wildman–Crippen LogP) is 1.86. The quantitative estimate of drug-likeness (QED) is 0.678. The third-order valence-electron chi connectivity index (χ3n) is 3.25. The molecule has 1 saturated carbocycles. The summed E-state index contributed by atoms with van der Waals surface area (Å²) in [5.74, 6) is 0. The summed E-state index contributed by atoms with van der Waals surface area (Å²) in [6.45, 7) is 7.88. The maximum atomic E-state index is 3.55. The van der Waals surface area contributed by atoms with E-state index in [1.165, 1.54) is 19.3 Å². The van der Waals surface area contributed by atoms with E-state index in [1.54, 1.807) is 0 Å². The van der Waals surface area contributed by atoms with Crippen LogP contribution in [0.5, 0.6) is 0 Å². The monoisotopic (exact) mass is 184 g/mol. The number of hydrogen-bond acceptors (Lipinski definition) is 2. The van der Waals surface area contributed by atoms with Gasteiger partial charge in [-0.15, -0.1) is 0 Å². The molecule has 0 spiro atoms. The molecule has 78 valence electrons. The zero-order valence-electron chi connectivity index (χ0n) is 9.51. The second kappa shape index (κ2) is 4.97. The maximum absolute atomic E-state index is 3.55. The molecule has 0 saturated heterocycles. The van der Waals surface area contributed by atoms with Gasteiger partial charge < -0.3 is 5.32 Å². The molecular weight excluding hydrogens is 160 g/mol. The largest absolute Gasteiger partial charge is 0.313 e. The highest BCUT2D eigenvalue weighted by Crippen LogP contribution is 2.28. The molecule has 0 radical (unpaired) electrons. The fourth-order valence-electron chi connectivity index (χ4n) is 2.02. The van der Waals surface area contributed by atoms with Crippen molar-refractivity contribution < 1.29 is 0 Å². The van der Waals surface area contributed by atoms with Crippen LogP contribution in [0.4, 0.5) is 0 Å². The van der Waals surface area contributed by atoms with Crippen molar-refractivity contribution in [3.8, 4) is 0 Å². The molecule has 13 heavy (non-hydrogen) atoms. The number of nitrogens with zero attached hydrogens (tertiary/aromatic N) is 1. The molecule has 0 aliphatic heterocycles. The fourth-order valence-corrected chi connectivity index (χ4v) is 2.02. The summed E-state index contributed by atoms with van der Waals surface area (Å²) in [6.07, 6.45) is 4.04. The minimum Gasteiger partial charge on any atom is -0.313 e. The van der Waals surface area contributed by atoms with Crippen LogP contribution in [-0.2, 0) is 0 Å².